The molecule has 4 nitrogen and oxygen atoms in total. The predicted octanol–water partition coefficient (Wildman–Crippen LogP) is 1.50. The molecule has 17 heavy (non-hydrogen) atoms. The molecule has 0 N–H and O–H groups in total. The van der Waals surface area contributed by atoms with Crippen LogP contribution < -0.4 is 0 Å². The average Bonchev–Trinajstić information content (AvgIpc) is 2.45. The van der Waals surface area contributed by atoms with Crippen LogP contribution in [-0.2, 0) is 9.59 Å². The predicted molar refractivity (Wildman–Crippen MR) is 67.5 cm³/mol. The molecule has 2 amide bonds. The molecule has 1 heterocycles. The molecule has 1 aliphatic rings. The maximum atomic E-state index is 12.5. The van der Waals surface area contributed by atoms with Crippen LogP contribution in [0.2, 0.25) is 0 Å². The van der Waals surface area contributed by atoms with Crippen molar-refractivity contribution in [3.63, 3.8) is 0 Å². The standard InChI is InChI=1S/C13H24N2O2/c1-5-13(6-2)11(16)14(7-3)9-10-15(8-4)12(13)17/h5-10H2,1-4H3. The van der Waals surface area contributed by atoms with Crippen LogP contribution in [0.25, 0.3) is 0 Å². The van der Waals surface area contributed by atoms with Crippen molar-refractivity contribution in [3.05, 3.63) is 0 Å². The Labute approximate surface area is 104 Å². The Kier molecular flexibility index (Phi) is 4.54. The lowest BCUT2D eigenvalue weighted by Crippen LogP contribution is -2.49. The number of amides is 2. The van der Waals surface area contributed by atoms with E-state index in [0.717, 1.165) is 0 Å². The van der Waals surface area contributed by atoms with Crippen LogP contribution in [0.15, 0.2) is 0 Å². The minimum Gasteiger partial charge on any atom is -0.340 e. The van der Waals surface area contributed by atoms with Crippen LogP contribution in [0, 0.1) is 5.41 Å². The molecular formula is C13H24N2O2. The van der Waals surface area contributed by atoms with E-state index in [4.69, 9.17) is 0 Å². The van der Waals surface area contributed by atoms with Gasteiger partial charge in [-0.1, -0.05) is 13.8 Å². The van der Waals surface area contributed by atoms with Crippen LogP contribution in [0.3, 0.4) is 0 Å². The first-order valence-electron chi connectivity index (χ1n) is 6.66. The molecule has 0 aromatic carbocycles. The van der Waals surface area contributed by atoms with Gasteiger partial charge in [0, 0.05) is 26.2 Å². The Bertz CT molecular complexity index is 272. The number of carbonyl (C=O) groups is 2. The van der Waals surface area contributed by atoms with Gasteiger partial charge in [-0.15, -0.1) is 0 Å². The first kappa shape index (κ1) is 14.0. The molecule has 1 rings (SSSR count). The molecule has 0 saturated carbocycles. The summed E-state index contributed by atoms with van der Waals surface area (Å²) in [5.74, 6) is 0.0388. The lowest BCUT2D eigenvalue weighted by atomic mass is 9.79. The fraction of sp³-hybridized carbons (Fsp3) is 0.846. The van der Waals surface area contributed by atoms with Gasteiger partial charge in [0.05, 0.1) is 0 Å². The van der Waals surface area contributed by atoms with Crippen LogP contribution >= 0.6 is 0 Å². The molecule has 0 aromatic heterocycles. The second-order valence-corrected chi connectivity index (χ2v) is 4.56. The summed E-state index contributed by atoms with van der Waals surface area (Å²) < 4.78 is 0. The minimum atomic E-state index is -0.817. The Hall–Kier alpha value is -1.06. The van der Waals surface area contributed by atoms with Crippen LogP contribution in [0.5, 0.6) is 0 Å². The van der Waals surface area contributed by atoms with Crippen molar-refractivity contribution in [2.24, 2.45) is 5.41 Å². The van der Waals surface area contributed by atoms with Crippen LogP contribution in [0.4, 0.5) is 0 Å². The maximum Gasteiger partial charge on any atom is 0.238 e. The lowest BCUT2D eigenvalue weighted by Gasteiger charge is -2.32. The SMILES string of the molecule is CCN1CCN(CC)C(=O)C(CC)(CC)C1=O. The number of likely N-dealkylation sites (N-methyl/N-ethyl adjacent to an activating group) is 2. The second kappa shape index (κ2) is 5.52. The minimum absolute atomic E-state index is 0.0194. The summed E-state index contributed by atoms with van der Waals surface area (Å²) in [5, 5.41) is 0. The van der Waals surface area contributed by atoms with Gasteiger partial charge in [0.2, 0.25) is 11.8 Å². The summed E-state index contributed by atoms with van der Waals surface area (Å²) in [4.78, 5) is 28.7. The Morgan fingerprint density at radius 2 is 1.24 bits per heavy atom. The van der Waals surface area contributed by atoms with Gasteiger partial charge in [0.1, 0.15) is 5.41 Å². The Morgan fingerprint density at radius 1 is 0.882 bits per heavy atom. The molecule has 0 unspecified atom stereocenters. The summed E-state index contributed by atoms with van der Waals surface area (Å²) in [7, 11) is 0. The third-order valence-corrected chi connectivity index (χ3v) is 4.00. The summed E-state index contributed by atoms with van der Waals surface area (Å²) >= 11 is 0. The number of carbonyl (C=O) groups excluding carboxylic acids is 2. The highest BCUT2D eigenvalue weighted by Gasteiger charge is 2.48. The van der Waals surface area contributed by atoms with E-state index in [1.807, 2.05) is 37.5 Å². The molecule has 0 atom stereocenters. The van der Waals surface area contributed by atoms with Gasteiger partial charge in [-0.05, 0) is 26.7 Å². The van der Waals surface area contributed by atoms with Gasteiger partial charge in [0.25, 0.3) is 0 Å². The highest BCUT2D eigenvalue weighted by atomic mass is 16.2. The summed E-state index contributed by atoms with van der Waals surface area (Å²) in [5.41, 5.74) is -0.817. The van der Waals surface area contributed by atoms with E-state index >= 15 is 0 Å². The van der Waals surface area contributed by atoms with Crippen LogP contribution in [-0.4, -0.2) is 47.8 Å². The van der Waals surface area contributed by atoms with Gasteiger partial charge >= 0.3 is 0 Å². The summed E-state index contributed by atoms with van der Waals surface area (Å²) in [6.07, 6.45) is 1.18. The fourth-order valence-corrected chi connectivity index (χ4v) is 2.60. The highest BCUT2D eigenvalue weighted by molar-refractivity contribution is 6.05. The normalized spacial score (nSPS) is 20.7. The Balaban J connectivity index is 3.17. The zero-order valence-corrected chi connectivity index (χ0v) is 11.5. The third kappa shape index (κ3) is 2.17. The molecule has 98 valence electrons. The Morgan fingerprint density at radius 3 is 1.47 bits per heavy atom. The monoisotopic (exact) mass is 240 g/mol. The summed E-state index contributed by atoms with van der Waals surface area (Å²) in [6, 6.07) is 0. The fourth-order valence-electron chi connectivity index (χ4n) is 2.60. The average molecular weight is 240 g/mol. The van der Waals surface area contributed by atoms with Crippen LogP contribution in [0.1, 0.15) is 40.5 Å². The maximum absolute atomic E-state index is 12.5. The van der Waals surface area contributed by atoms with E-state index in [1.165, 1.54) is 0 Å². The van der Waals surface area contributed by atoms with Crippen molar-refractivity contribution >= 4 is 11.8 Å². The van der Waals surface area contributed by atoms with Crippen molar-refractivity contribution in [2.75, 3.05) is 26.2 Å². The second-order valence-electron chi connectivity index (χ2n) is 4.56. The zero-order chi connectivity index (χ0) is 13.1. The van der Waals surface area contributed by atoms with Gasteiger partial charge in [-0.25, -0.2) is 0 Å². The molecule has 1 saturated heterocycles. The lowest BCUT2D eigenvalue weighted by molar-refractivity contribution is -0.153. The topological polar surface area (TPSA) is 40.6 Å². The van der Waals surface area contributed by atoms with Gasteiger partial charge < -0.3 is 9.80 Å². The van der Waals surface area contributed by atoms with Crippen molar-refractivity contribution in [2.45, 2.75) is 40.5 Å². The molecule has 0 aromatic rings. The molecule has 0 bridgehead atoms. The molecular weight excluding hydrogens is 216 g/mol. The smallest absolute Gasteiger partial charge is 0.238 e. The van der Waals surface area contributed by atoms with E-state index in [-0.39, 0.29) is 11.8 Å². The van der Waals surface area contributed by atoms with E-state index in [9.17, 15) is 9.59 Å². The highest BCUT2D eigenvalue weighted by Crippen LogP contribution is 2.33. The van der Waals surface area contributed by atoms with E-state index in [1.54, 1.807) is 0 Å². The third-order valence-electron chi connectivity index (χ3n) is 4.00. The first-order chi connectivity index (χ1) is 8.07. The molecule has 0 radical (unpaired) electrons. The summed E-state index contributed by atoms with van der Waals surface area (Å²) in [6.45, 7) is 10.5. The van der Waals surface area contributed by atoms with Crippen molar-refractivity contribution in [3.8, 4) is 0 Å². The van der Waals surface area contributed by atoms with Gasteiger partial charge in [-0.3, -0.25) is 9.59 Å². The number of hydrogen-bond donors (Lipinski definition) is 0. The van der Waals surface area contributed by atoms with Crippen molar-refractivity contribution in [1.82, 2.24) is 9.80 Å². The molecule has 1 fully saturated rings. The number of nitrogens with zero attached hydrogens (tertiary/aromatic N) is 2. The van der Waals surface area contributed by atoms with E-state index < -0.39 is 5.41 Å². The van der Waals surface area contributed by atoms with E-state index in [2.05, 4.69) is 0 Å². The molecule has 1 aliphatic heterocycles. The van der Waals surface area contributed by atoms with Gasteiger partial charge in [0.15, 0.2) is 0 Å². The molecule has 4 heteroatoms. The molecule has 0 spiro atoms. The quantitative estimate of drug-likeness (QED) is 0.699. The number of hydrogen-bond acceptors (Lipinski definition) is 2. The molecule has 0 aliphatic carbocycles. The van der Waals surface area contributed by atoms with Crippen molar-refractivity contribution in [1.29, 1.82) is 0 Å². The largest absolute Gasteiger partial charge is 0.340 e. The van der Waals surface area contributed by atoms with Crippen molar-refractivity contribution < 1.29 is 9.59 Å². The zero-order valence-electron chi connectivity index (χ0n) is 11.5. The number of rotatable bonds is 4. The van der Waals surface area contributed by atoms with Gasteiger partial charge in [-0.2, -0.15) is 0 Å². The van der Waals surface area contributed by atoms with E-state index in [0.29, 0.717) is 39.0 Å². The first-order valence-corrected chi connectivity index (χ1v) is 6.66.